The molecule has 1 N–H and O–H groups in total. The van der Waals surface area contributed by atoms with E-state index in [-0.39, 0.29) is 48.1 Å². The summed E-state index contributed by atoms with van der Waals surface area (Å²) < 4.78 is 40.7. The van der Waals surface area contributed by atoms with Gasteiger partial charge in [0.1, 0.15) is 12.3 Å². The summed E-state index contributed by atoms with van der Waals surface area (Å²) in [5.74, 6) is -0.341. The maximum Gasteiger partial charge on any atom is 0.305 e. The van der Waals surface area contributed by atoms with Crippen molar-refractivity contribution in [3.8, 4) is 6.07 Å². The number of esters is 1. The lowest BCUT2D eigenvalue weighted by Crippen LogP contribution is -2.43. The van der Waals surface area contributed by atoms with Gasteiger partial charge in [-0.15, -0.1) is 5.10 Å². The second-order valence-electron chi connectivity index (χ2n) is 8.82. The Balaban J connectivity index is 1.77. The molecule has 190 valence electrons. The van der Waals surface area contributed by atoms with Crippen molar-refractivity contribution in [2.75, 3.05) is 26.7 Å². The molecule has 0 aliphatic carbocycles. The highest BCUT2D eigenvalue weighted by atomic mass is 32.2. The van der Waals surface area contributed by atoms with E-state index in [0.29, 0.717) is 31.6 Å². The number of nitrogens with one attached hydrogen (secondary N) is 1. The molecule has 1 aromatic heterocycles. The first-order valence-corrected chi connectivity index (χ1v) is 13.0. The average molecular weight is 505 g/mol. The van der Waals surface area contributed by atoms with E-state index in [1.54, 1.807) is 23.0 Å². The molecule has 3 atom stereocenters. The number of fused-ring (bicyclic) bond motifs is 2. The van der Waals surface area contributed by atoms with Gasteiger partial charge >= 0.3 is 5.97 Å². The summed E-state index contributed by atoms with van der Waals surface area (Å²) in [4.78, 5) is 12.0. The third-order valence-electron chi connectivity index (χ3n) is 5.83. The van der Waals surface area contributed by atoms with Gasteiger partial charge in [0.05, 0.1) is 35.4 Å². The van der Waals surface area contributed by atoms with Crippen LogP contribution < -0.4 is 5.32 Å². The first kappa shape index (κ1) is 26.7. The van der Waals surface area contributed by atoms with Crippen molar-refractivity contribution in [1.82, 2.24) is 24.6 Å². The number of aryl methyl sites for hydroxylation is 1. The molecule has 0 fully saturated rings. The average Bonchev–Trinajstić information content (AvgIpc) is 3.30. The molecular formula is C23H32N6O5S. The van der Waals surface area contributed by atoms with E-state index in [1.165, 1.54) is 23.5 Å². The van der Waals surface area contributed by atoms with E-state index >= 15 is 0 Å². The maximum atomic E-state index is 13.2. The van der Waals surface area contributed by atoms with E-state index < -0.39 is 16.1 Å². The second-order valence-corrected chi connectivity index (χ2v) is 10.9. The minimum Gasteiger partial charge on any atom is -0.464 e. The van der Waals surface area contributed by atoms with E-state index in [2.05, 4.69) is 15.6 Å². The number of nitrogens with zero attached hydrogens (tertiary/aromatic N) is 5. The zero-order valence-electron chi connectivity index (χ0n) is 20.3. The topological polar surface area (TPSA) is 139 Å². The van der Waals surface area contributed by atoms with Crippen LogP contribution in [0.5, 0.6) is 0 Å². The Bertz CT molecular complexity index is 1150. The molecule has 2 aromatic rings. The molecule has 0 saturated heterocycles. The summed E-state index contributed by atoms with van der Waals surface area (Å²) in [6.45, 7) is 5.45. The van der Waals surface area contributed by atoms with Crippen molar-refractivity contribution in [2.24, 2.45) is 5.92 Å². The van der Waals surface area contributed by atoms with Crippen LogP contribution in [0.1, 0.15) is 37.9 Å². The highest BCUT2D eigenvalue weighted by Crippen LogP contribution is 2.19. The van der Waals surface area contributed by atoms with Crippen LogP contribution in [0.2, 0.25) is 0 Å². The molecule has 35 heavy (non-hydrogen) atoms. The van der Waals surface area contributed by atoms with Crippen LogP contribution in [0.15, 0.2) is 35.4 Å². The van der Waals surface area contributed by atoms with E-state index in [0.717, 1.165) is 0 Å². The smallest absolute Gasteiger partial charge is 0.305 e. The molecule has 0 radical (unpaired) electrons. The molecular weight excluding hydrogens is 472 g/mol. The number of ether oxygens (including phenoxy) is 2. The number of likely N-dealkylation sites (N-methyl/N-ethyl adjacent to an activating group) is 1. The van der Waals surface area contributed by atoms with Gasteiger partial charge in [-0.05, 0) is 37.5 Å². The SMILES string of the molecule is C[C@H]1COC(=O)CCCn2cc(nn2)CO[C@@H](CN(C)S(=O)(=O)c2cccc(C#N)c2)[C@@H](C)CN1. The number of carbonyl (C=O) groups excluding carboxylic acids is 1. The third-order valence-corrected chi connectivity index (χ3v) is 7.64. The van der Waals surface area contributed by atoms with Crippen LogP contribution in [0, 0.1) is 17.2 Å². The van der Waals surface area contributed by atoms with Gasteiger partial charge in [-0.3, -0.25) is 9.48 Å². The first-order valence-electron chi connectivity index (χ1n) is 11.5. The van der Waals surface area contributed by atoms with Gasteiger partial charge < -0.3 is 14.8 Å². The van der Waals surface area contributed by atoms with Crippen molar-refractivity contribution in [3.05, 3.63) is 41.7 Å². The second kappa shape index (κ2) is 12.2. The zero-order chi connectivity index (χ0) is 25.4. The fourth-order valence-corrected chi connectivity index (χ4v) is 4.84. The Morgan fingerprint density at radius 2 is 2.14 bits per heavy atom. The Hall–Kier alpha value is -2.85. The predicted molar refractivity (Wildman–Crippen MR) is 126 cm³/mol. The molecule has 1 aliphatic rings. The lowest BCUT2D eigenvalue weighted by atomic mass is 10.0. The molecule has 2 bridgehead atoms. The normalized spacial score (nSPS) is 22.9. The van der Waals surface area contributed by atoms with Crippen LogP contribution in [0.3, 0.4) is 0 Å². The Labute approximate surface area is 206 Å². The van der Waals surface area contributed by atoms with Crippen molar-refractivity contribution in [2.45, 2.75) is 56.9 Å². The van der Waals surface area contributed by atoms with Gasteiger partial charge in [-0.25, -0.2) is 8.42 Å². The molecule has 0 saturated carbocycles. The highest BCUT2D eigenvalue weighted by Gasteiger charge is 2.28. The fourth-order valence-electron chi connectivity index (χ4n) is 3.61. The number of aromatic nitrogens is 3. The summed E-state index contributed by atoms with van der Waals surface area (Å²) in [5.41, 5.74) is 0.890. The minimum absolute atomic E-state index is 0.0522. The van der Waals surface area contributed by atoms with Crippen molar-refractivity contribution >= 4 is 16.0 Å². The van der Waals surface area contributed by atoms with E-state index in [9.17, 15) is 13.2 Å². The summed E-state index contributed by atoms with van der Waals surface area (Å²) in [5, 5.41) is 20.7. The zero-order valence-corrected chi connectivity index (χ0v) is 21.1. The molecule has 11 nitrogen and oxygen atoms in total. The number of nitriles is 1. The molecule has 0 spiro atoms. The van der Waals surface area contributed by atoms with Gasteiger partial charge in [0.25, 0.3) is 0 Å². The Morgan fingerprint density at radius 1 is 1.34 bits per heavy atom. The third kappa shape index (κ3) is 7.57. The van der Waals surface area contributed by atoms with Crippen LogP contribution in [0.25, 0.3) is 0 Å². The number of hydrogen-bond acceptors (Lipinski definition) is 9. The molecule has 1 aromatic carbocycles. The summed E-state index contributed by atoms with van der Waals surface area (Å²) in [7, 11) is -2.34. The molecule has 0 unspecified atom stereocenters. The number of benzene rings is 1. The van der Waals surface area contributed by atoms with Gasteiger partial charge in [-0.2, -0.15) is 9.57 Å². The number of rotatable bonds is 4. The summed E-state index contributed by atoms with van der Waals surface area (Å²) in [6.07, 6.45) is 2.18. The lowest BCUT2D eigenvalue weighted by molar-refractivity contribution is -0.144. The largest absolute Gasteiger partial charge is 0.464 e. The first-order chi connectivity index (χ1) is 16.7. The van der Waals surface area contributed by atoms with E-state index in [4.69, 9.17) is 14.7 Å². The van der Waals surface area contributed by atoms with Gasteiger partial charge in [0.2, 0.25) is 10.0 Å². The molecule has 12 heteroatoms. The molecule has 1 aliphatic heterocycles. The maximum absolute atomic E-state index is 13.2. The quantitative estimate of drug-likeness (QED) is 0.610. The highest BCUT2D eigenvalue weighted by molar-refractivity contribution is 7.89. The van der Waals surface area contributed by atoms with Crippen LogP contribution in [0.4, 0.5) is 0 Å². The lowest BCUT2D eigenvalue weighted by Gasteiger charge is -2.29. The summed E-state index contributed by atoms with van der Waals surface area (Å²) in [6, 6.07) is 7.83. The van der Waals surface area contributed by atoms with Gasteiger partial charge in [0, 0.05) is 39.1 Å². The number of hydrogen-bond donors (Lipinski definition) is 1. The van der Waals surface area contributed by atoms with Crippen LogP contribution in [-0.4, -0.2) is 72.6 Å². The standard InChI is InChI=1S/C23H32N6O5S/c1-17-12-25-18(2)15-34-23(30)8-5-9-29-13-20(26-27-29)16-33-22(17)14-28(3)35(31,32)21-7-4-6-19(10-21)11-24/h4,6-7,10,13,17-18,22,25H,5,8-9,12,14-16H2,1-3H3/t17-,18-,22-/m0/s1. The number of cyclic esters (lactones) is 1. The fraction of sp³-hybridized carbons (Fsp3) is 0.565. The van der Waals surface area contributed by atoms with E-state index in [1.807, 2.05) is 19.9 Å². The Morgan fingerprint density at radius 3 is 2.91 bits per heavy atom. The molecule has 2 heterocycles. The monoisotopic (exact) mass is 504 g/mol. The molecule has 3 rings (SSSR count). The van der Waals surface area contributed by atoms with Crippen molar-refractivity contribution in [3.63, 3.8) is 0 Å². The van der Waals surface area contributed by atoms with Crippen molar-refractivity contribution in [1.29, 1.82) is 5.26 Å². The predicted octanol–water partition coefficient (Wildman–Crippen LogP) is 1.31. The van der Waals surface area contributed by atoms with Gasteiger partial charge in [0.15, 0.2) is 0 Å². The Kier molecular flexibility index (Phi) is 9.33. The minimum atomic E-state index is -3.83. The molecule has 0 amide bonds. The summed E-state index contributed by atoms with van der Waals surface area (Å²) >= 11 is 0. The van der Waals surface area contributed by atoms with Crippen molar-refractivity contribution < 1.29 is 22.7 Å². The number of carbonyl (C=O) groups is 1. The number of sulfonamides is 1. The van der Waals surface area contributed by atoms with Crippen LogP contribution in [-0.2, 0) is 37.4 Å². The van der Waals surface area contributed by atoms with Crippen LogP contribution >= 0.6 is 0 Å². The van der Waals surface area contributed by atoms with Gasteiger partial charge in [-0.1, -0.05) is 18.2 Å².